The van der Waals surface area contributed by atoms with Crippen LogP contribution in [0.5, 0.6) is 0 Å². The number of hydrogen-bond acceptors (Lipinski definition) is 4. The fraction of sp³-hybridized carbons (Fsp3) is 0.625. The Labute approximate surface area is 136 Å². The minimum absolute atomic E-state index is 0.0142. The molecule has 2 aliphatic rings. The predicted molar refractivity (Wildman–Crippen MR) is 86.5 cm³/mol. The maximum atomic E-state index is 13.0. The first-order valence-electron chi connectivity index (χ1n) is 7.79. The lowest BCUT2D eigenvalue weighted by Crippen LogP contribution is -2.37. The Hall–Kier alpha value is -1.47. The van der Waals surface area contributed by atoms with Crippen LogP contribution in [-0.2, 0) is 10.0 Å². The molecule has 1 saturated heterocycles. The second kappa shape index (κ2) is 5.01. The molecule has 6 nitrogen and oxygen atoms in total. The van der Waals surface area contributed by atoms with E-state index in [-0.39, 0.29) is 27.5 Å². The number of benzene rings is 1. The Kier molecular flexibility index (Phi) is 3.57. The van der Waals surface area contributed by atoms with Crippen LogP contribution in [0.15, 0.2) is 29.2 Å². The van der Waals surface area contributed by atoms with Crippen LogP contribution < -0.4 is 0 Å². The number of non-ortho nitro benzene ring substituents is 1. The van der Waals surface area contributed by atoms with Gasteiger partial charge in [0.25, 0.3) is 5.69 Å². The molecule has 2 bridgehead atoms. The molecular formula is C16H22N2O4S. The SMILES string of the molecule is CC1(C)CC2CC(C)(CN2S(=O)(=O)c2ccc([N+](=O)[O-])cc2)C1. The summed E-state index contributed by atoms with van der Waals surface area (Å²) < 4.78 is 27.5. The molecule has 3 rings (SSSR count). The monoisotopic (exact) mass is 338 g/mol. The molecule has 0 radical (unpaired) electrons. The zero-order chi connectivity index (χ0) is 17.0. The minimum Gasteiger partial charge on any atom is -0.258 e. The van der Waals surface area contributed by atoms with E-state index in [0.717, 1.165) is 19.3 Å². The van der Waals surface area contributed by atoms with Crippen molar-refractivity contribution in [3.8, 4) is 0 Å². The van der Waals surface area contributed by atoms with Gasteiger partial charge in [-0.3, -0.25) is 10.1 Å². The van der Waals surface area contributed by atoms with Crippen LogP contribution in [0.25, 0.3) is 0 Å². The summed E-state index contributed by atoms with van der Waals surface area (Å²) in [5.74, 6) is 0. The van der Waals surface area contributed by atoms with E-state index >= 15 is 0 Å². The fourth-order valence-corrected chi connectivity index (χ4v) is 6.34. The van der Waals surface area contributed by atoms with Gasteiger partial charge in [0.15, 0.2) is 0 Å². The summed E-state index contributed by atoms with van der Waals surface area (Å²) in [5.41, 5.74) is 0.0507. The average Bonchev–Trinajstić information content (AvgIpc) is 2.68. The lowest BCUT2D eigenvalue weighted by atomic mass is 9.65. The third kappa shape index (κ3) is 2.87. The van der Waals surface area contributed by atoms with Crippen LogP contribution in [0.1, 0.15) is 40.0 Å². The Morgan fingerprint density at radius 3 is 2.35 bits per heavy atom. The lowest BCUT2D eigenvalue weighted by molar-refractivity contribution is -0.384. The van der Waals surface area contributed by atoms with E-state index in [9.17, 15) is 18.5 Å². The highest BCUT2D eigenvalue weighted by molar-refractivity contribution is 7.89. The lowest BCUT2D eigenvalue weighted by Gasteiger charge is -2.39. The maximum absolute atomic E-state index is 13.0. The summed E-state index contributed by atoms with van der Waals surface area (Å²) in [6.07, 6.45) is 2.76. The molecule has 7 heteroatoms. The number of hydrogen-bond donors (Lipinski definition) is 0. The second-order valence-corrected chi connectivity index (χ2v) is 9.91. The van der Waals surface area contributed by atoms with Gasteiger partial charge in [0.2, 0.25) is 10.0 Å². The van der Waals surface area contributed by atoms with Crippen molar-refractivity contribution < 1.29 is 13.3 Å². The normalized spacial score (nSPS) is 30.3. The van der Waals surface area contributed by atoms with Crippen molar-refractivity contribution in [2.45, 2.75) is 51.0 Å². The highest BCUT2D eigenvalue weighted by Gasteiger charge is 2.53. The standard InChI is InChI=1S/C16H22N2O4S/c1-15(2)8-13-9-16(3,10-15)11-17(13)23(21,22)14-6-4-12(5-7-14)18(19)20/h4-7,13H,8-11H2,1-3H3. The van der Waals surface area contributed by atoms with Gasteiger partial charge in [0.05, 0.1) is 9.82 Å². The van der Waals surface area contributed by atoms with Crippen LogP contribution >= 0.6 is 0 Å². The first-order chi connectivity index (χ1) is 10.5. The van der Waals surface area contributed by atoms with E-state index < -0.39 is 14.9 Å². The van der Waals surface area contributed by atoms with E-state index in [0.29, 0.717) is 6.54 Å². The largest absolute Gasteiger partial charge is 0.269 e. The highest BCUT2D eigenvalue weighted by atomic mass is 32.2. The topological polar surface area (TPSA) is 80.5 Å². The molecule has 1 heterocycles. The molecule has 1 aliphatic carbocycles. The molecule has 0 spiro atoms. The summed E-state index contributed by atoms with van der Waals surface area (Å²) in [7, 11) is -3.61. The third-order valence-corrected chi connectivity index (χ3v) is 6.93. The summed E-state index contributed by atoms with van der Waals surface area (Å²) in [4.78, 5) is 10.3. The fourth-order valence-electron chi connectivity index (χ4n) is 4.56. The van der Waals surface area contributed by atoms with Crippen LogP contribution in [-0.4, -0.2) is 30.2 Å². The van der Waals surface area contributed by atoms with Crippen molar-refractivity contribution in [3.05, 3.63) is 34.4 Å². The number of sulfonamides is 1. The third-order valence-electron chi connectivity index (χ3n) is 5.02. The van der Waals surface area contributed by atoms with Gasteiger partial charge < -0.3 is 0 Å². The quantitative estimate of drug-likeness (QED) is 0.626. The van der Waals surface area contributed by atoms with Gasteiger partial charge in [-0.1, -0.05) is 20.8 Å². The molecule has 1 aromatic rings. The smallest absolute Gasteiger partial charge is 0.258 e. The van der Waals surface area contributed by atoms with Gasteiger partial charge in [-0.2, -0.15) is 4.31 Å². The maximum Gasteiger partial charge on any atom is 0.269 e. The first-order valence-corrected chi connectivity index (χ1v) is 9.23. The highest BCUT2D eigenvalue weighted by Crippen LogP contribution is 2.53. The van der Waals surface area contributed by atoms with Crippen LogP contribution in [0, 0.1) is 20.9 Å². The van der Waals surface area contributed by atoms with E-state index in [1.807, 2.05) is 0 Å². The van der Waals surface area contributed by atoms with Crippen molar-refractivity contribution in [2.75, 3.05) is 6.54 Å². The summed E-state index contributed by atoms with van der Waals surface area (Å²) >= 11 is 0. The summed E-state index contributed by atoms with van der Waals surface area (Å²) in [6, 6.07) is 5.19. The zero-order valence-corrected chi connectivity index (χ0v) is 14.5. The van der Waals surface area contributed by atoms with E-state index in [1.54, 1.807) is 4.31 Å². The molecule has 0 amide bonds. The molecule has 0 aromatic heterocycles. The molecule has 2 unspecified atom stereocenters. The Balaban J connectivity index is 1.93. The Morgan fingerprint density at radius 1 is 1.17 bits per heavy atom. The molecule has 1 aromatic carbocycles. The predicted octanol–water partition coefficient (Wildman–Crippen LogP) is 3.18. The van der Waals surface area contributed by atoms with Gasteiger partial charge >= 0.3 is 0 Å². The van der Waals surface area contributed by atoms with E-state index in [4.69, 9.17) is 0 Å². The first kappa shape index (κ1) is 16.4. The molecule has 2 fully saturated rings. The van der Waals surface area contributed by atoms with Gasteiger partial charge in [-0.15, -0.1) is 0 Å². The van der Waals surface area contributed by atoms with Crippen molar-refractivity contribution in [1.29, 1.82) is 0 Å². The van der Waals surface area contributed by atoms with Gasteiger partial charge in [0.1, 0.15) is 0 Å². The average molecular weight is 338 g/mol. The van der Waals surface area contributed by atoms with E-state index in [1.165, 1.54) is 24.3 Å². The molecule has 0 N–H and O–H groups in total. The minimum atomic E-state index is -3.61. The molecule has 2 atom stereocenters. The molecule has 23 heavy (non-hydrogen) atoms. The Bertz CT molecular complexity index is 742. The van der Waals surface area contributed by atoms with Crippen molar-refractivity contribution in [1.82, 2.24) is 4.31 Å². The van der Waals surface area contributed by atoms with Crippen LogP contribution in [0.4, 0.5) is 5.69 Å². The molecular weight excluding hydrogens is 316 g/mol. The molecule has 1 aliphatic heterocycles. The molecule has 126 valence electrons. The van der Waals surface area contributed by atoms with Crippen LogP contribution in [0.3, 0.4) is 0 Å². The van der Waals surface area contributed by atoms with Gasteiger partial charge in [-0.05, 0) is 42.2 Å². The van der Waals surface area contributed by atoms with Crippen molar-refractivity contribution in [2.24, 2.45) is 10.8 Å². The number of nitro benzene ring substituents is 1. The van der Waals surface area contributed by atoms with Crippen LogP contribution in [0.2, 0.25) is 0 Å². The second-order valence-electron chi connectivity index (χ2n) is 8.01. The number of rotatable bonds is 3. The number of nitrogens with zero attached hydrogens (tertiary/aromatic N) is 2. The van der Waals surface area contributed by atoms with E-state index in [2.05, 4.69) is 20.8 Å². The Morgan fingerprint density at radius 2 is 1.78 bits per heavy atom. The zero-order valence-electron chi connectivity index (χ0n) is 13.7. The number of fused-ring (bicyclic) bond motifs is 2. The van der Waals surface area contributed by atoms with Gasteiger partial charge in [0, 0.05) is 24.7 Å². The summed E-state index contributed by atoms with van der Waals surface area (Å²) in [6.45, 7) is 7.07. The number of nitro groups is 1. The summed E-state index contributed by atoms with van der Waals surface area (Å²) in [5, 5.41) is 10.7. The van der Waals surface area contributed by atoms with Crippen molar-refractivity contribution >= 4 is 15.7 Å². The molecule has 1 saturated carbocycles. The van der Waals surface area contributed by atoms with Crippen molar-refractivity contribution in [3.63, 3.8) is 0 Å². The van der Waals surface area contributed by atoms with Gasteiger partial charge in [-0.25, -0.2) is 8.42 Å².